The molecule has 0 radical (unpaired) electrons. The zero-order chi connectivity index (χ0) is 13.9. The van der Waals surface area contributed by atoms with Gasteiger partial charge in [0.05, 0.1) is 5.69 Å². The highest BCUT2D eigenvalue weighted by molar-refractivity contribution is 7.17. The monoisotopic (exact) mass is 270 g/mol. The maximum Gasteiger partial charge on any atom is 0.263 e. The summed E-state index contributed by atoms with van der Waals surface area (Å²) >= 11 is 1.12. The molecule has 1 heterocycles. The Labute approximate surface area is 110 Å². The second kappa shape index (κ2) is 5.81. The third-order valence-corrected chi connectivity index (χ3v) is 3.57. The molecule has 0 aliphatic carbocycles. The highest BCUT2D eigenvalue weighted by atomic mass is 32.1. The van der Waals surface area contributed by atoms with Crippen molar-refractivity contribution in [2.75, 3.05) is 19.3 Å². The maximum absolute atomic E-state index is 11.9. The number of aryl methyl sites for hydroxylation is 1. The lowest BCUT2D eigenvalue weighted by atomic mass is 10.2. The number of carbonyl (C=O) groups excluding carboxylic acids is 2. The molecule has 1 atom stereocenters. The number of thiazole rings is 1. The van der Waals surface area contributed by atoms with Crippen LogP contribution in [0.15, 0.2) is 0 Å². The van der Waals surface area contributed by atoms with Crippen LogP contribution in [0.25, 0.3) is 0 Å². The van der Waals surface area contributed by atoms with Crippen LogP contribution >= 0.6 is 11.3 Å². The molecule has 18 heavy (non-hydrogen) atoms. The van der Waals surface area contributed by atoms with Gasteiger partial charge in [0, 0.05) is 13.6 Å². The number of nitrogens with two attached hydrogens (primary N) is 1. The van der Waals surface area contributed by atoms with Crippen LogP contribution in [-0.2, 0) is 4.79 Å². The van der Waals surface area contributed by atoms with E-state index in [2.05, 4.69) is 10.3 Å². The van der Waals surface area contributed by atoms with Crippen molar-refractivity contribution < 1.29 is 9.59 Å². The largest absolute Gasteiger partial charge is 0.375 e. The van der Waals surface area contributed by atoms with E-state index in [9.17, 15) is 9.59 Å². The predicted molar refractivity (Wildman–Crippen MR) is 71.5 cm³/mol. The minimum Gasteiger partial charge on any atom is -0.375 e. The van der Waals surface area contributed by atoms with Gasteiger partial charge < -0.3 is 16.0 Å². The van der Waals surface area contributed by atoms with Gasteiger partial charge in [0.1, 0.15) is 10.9 Å². The van der Waals surface area contributed by atoms with Crippen molar-refractivity contribution in [2.24, 2.45) is 0 Å². The molecule has 0 aromatic carbocycles. The quantitative estimate of drug-likeness (QED) is 0.840. The van der Waals surface area contributed by atoms with Crippen LogP contribution < -0.4 is 11.1 Å². The molecule has 6 nitrogen and oxygen atoms in total. The lowest BCUT2D eigenvalue weighted by Crippen LogP contribution is -2.45. The van der Waals surface area contributed by atoms with Crippen LogP contribution in [0.1, 0.15) is 29.2 Å². The van der Waals surface area contributed by atoms with Gasteiger partial charge in [0.2, 0.25) is 5.91 Å². The van der Waals surface area contributed by atoms with Crippen molar-refractivity contribution in [3.63, 3.8) is 0 Å². The van der Waals surface area contributed by atoms with Gasteiger partial charge in [-0.2, -0.15) is 0 Å². The zero-order valence-corrected chi connectivity index (χ0v) is 11.8. The van der Waals surface area contributed by atoms with Gasteiger partial charge in [-0.3, -0.25) is 9.59 Å². The fourth-order valence-corrected chi connectivity index (χ4v) is 2.17. The van der Waals surface area contributed by atoms with E-state index in [0.29, 0.717) is 22.2 Å². The number of nitrogens with one attached hydrogen (secondary N) is 1. The lowest BCUT2D eigenvalue weighted by molar-refractivity contribution is -0.131. The van der Waals surface area contributed by atoms with E-state index in [1.165, 1.54) is 0 Å². The molecule has 1 aromatic heterocycles. The van der Waals surface area contributed by atoms with Crippen molar-refractivity contribution in [1.82, 2.24) is 15.2 Å². The SMILES string of the molecule is CCN(C)C(=O)C(C)NC(=O)c1sc(N)nc1C. The molecule has 0 spiro atoms. The molecule has 0 aliphatic rings. The first-order chi connectivity index (χ1) is 8.36. The van der Waals surface area contributed by atoms with Crippen LogP contribution in [0, 0.1) is 6.92 Å². The molecule has 0 saturated heterocycles. The number of nitrogen functional groups attached to an aromatic ring is 1. The summed E-state index contributed by atoms with van der Waals surface area (Å²) in [5, 5.41) is 3.00. The summed E-state index contributed by atoms with van der Waals surface area (Å²) in [5.41, 5.74) is 6.11. The molecule has 7 heteroatoms. The molecular weight excluding hydrogens is 252 g/mol. The molecular formula is C11H18N4O2S. The van der Waals surface area contributed by atoms with Gasteiger partial charge in [-0.25, -0.2) is 4.98 Å². The highest BCUT2D eigenvalue weighted by Crippen LogP contribution is 2.19. The van der Waals surface area contributed by atoms with Crippen molar-refractivity contribution in [1.29, 1.82) is 0 Å². The first-order valence-electron chi connectivity index (χ1n) is 5.65. The smallest absolute Gasteiger partial charge is 0.263 e. The van der Waals surface area contributed by atoms with Gasteiger partial charge in [-0.05, 0) is 20.8 Å². The number of hydrogen-bond acceptors (Lipinski definition) is 5. The van der Waals surface area contributed by atoms with Crippen molar-refractivity contribution in [2.45, 2.75) is 26.8 Å². The Morgan fingerprint density at radius 3 is 2.61 bits per heavy atom. The molecule has 0 bridgehead atoms. The van der Waals surface area contributed by atoms with E-state index in [4.69, 9.17) is 5.73 Å². The minimum absolute atomic E-state index is 0.124. The topological polar surface area (TPSA) is 88.3 Å². The Kier molecular flexibility index (Phi) is 4.66. The molecule has 0 aliphatic heterocycles. The summed E-state index contributed by atoms with van der Waals surface area (Å²) in [7, 11) is 1.70. The molecule has 0 saturated carbocycles. The van der Waals surface area contributed by atoms with E-state index < -0.39 is 6.04 Å². The molecule has 1 unspecified atom stereocenters. The average Bonchev–Trinajstić information content (AvgIpc) is 2.66. The summed E-state index contributed by atoms with van der Waals surface area (Å²) in [6.45, 7) is 5.85. The van der Waals surface area contributed by atoms with Crippen LogP contribution in [0.2, 0.25) is 0 Å². The summed E-state index contributed by atoms with van der Waals surface area (Å²) in [5.74, 6) is -0.437. The van der Waals surface area contributed by atoms with E-state index in [0.717, 1.165) is 11.3 Å². The van der Waals surface area contributed by atoms with Crippen molar-refractivity contribution in [3.8, 4) is 0 Å². The normalized spacial score (nSPS) is 12.0. The van der Waals surface area contributed by atoms with Crippen molar-refractivity contribution in [3.05, 3.63) is 10.6 Å². The van der Waals surface area contributed by atoms with Gasteiger partial charge in [0.25, 0.3) is 5.91 Å². The van der Waals surface area contributed by atoms with E-state index in [1.54, 1.807) is 25.8 Å². The van der Waals surface area contributed by atoms with Crippen LogP contribution in [0.3, 0.4) is 0 Å². The van der Waals surface area contributed by atoms with E-state index in [1.807, 2.05) is 6.92 Å². The summed E-state index contributed by atoms with van der Waals surface area (Å²) in [6.07, 6.45) is 0. The Hall–Kier alpha value is -1.63. The van der Waals surface area contributed by atoms with Gasteiger partial charge in [-0.15, -0.1) is 0 Å². The third kappa shape index (κ3) is 3.19. The first kappa shape index (κ1) is 14.4. The average molecular weight is 270 g/mol. The minimum atomic E-state index is -0.565. The fourth-order valence-electron chi connectivity index (χ4n) is 1.44. The number of nitrogens with zero attached hydrogens (tertiary/aromatic N) is 2. The molecule has 1 rings (SSSR count). The van der Waals surface area contributed by atoms with Crippen LogP contribution in [0.4, 0.5) is 5.13 Å². The van der Waals surface area contributed by atoms with E-state index >= 15 is 0 Å². The number of anilines is 1. The molecule has 2 amide bonds. The number of rotatable bonds is 4. The summed E-state index contributed by atoms with van der Waals surface area (Å²) < 4.78 is 0. The number of likely N-dealkylation sites (N-methyl/N-ethyl adjacent to an activating group) is 1. The number of carbonyl (C=O) groups is 2. The highest BCUT2D eigenvalue weighted by Gasteiger charge is 2.21. The van der Waals surface area contributed by atoms with Gasteiger partial charge in [-0.1, -0.05) is 11.3 Å². The lowest BCUT2D eigenvalue weighted by Gasteiger charge is -2.20. The fraction of sp³-hybridized carbons (Fsp3) is 0.545. The Morgan fingerprint density at radius 2 is 2.17 bits per heavy atom. The maximum atomic E-state index is 11.9. The standard InChI is InChI=1S/C11H18N4O2S/c1-5-15(4)10(17)7(3)13-9(16)8-6(2)14-11(12)18-8/h7H,5H2,1-4H3,(H2,12,14)(H,13,16). The molecule has 0 fully saturated rings. The van der Waals surface area contributed by atoms with Gasteiger partial charge in [0.15, 0.2) is 5.13 Å². The molecule has 1 aromatic rings. The second-order valence-corrected chi connectivity index (χ2v) is 5.04. The third-order valence-electron chi connectivity index (χ3n) is 2.59. The predicted octanol–water partition coefficient (Wildman–Crippen LogP) is 0.630. The van der Waals surface area contributed by atoms with Crippen LogP contribution in [0.5, 0.6) is 0 Å². The van der Waals surface area contributed by atoms with Crippen molar-refractivity contribution >= 4 is 28.3 Å². The number of amides is 2. The van der Waals surface area contributed by atoms with Gasteiger partial charge >= 0.3 is 0 Å². The number of hydrogen-bond donors (Lipinski definition) is 2. The Morgan fingerprint density at radius 1 is 1.56 bits per heavy atom. The molecule has 100 valence electrons. The summed E-state index contributed by atoms with van der Waals surface area (Å²) in [6, 6.07) is -0.565. The second-order valence-electron chi connectivity index (χ2n) is 4.01. The molecule has 3 N–H and O–H groups in total. The van der Waals surface area contributed by atoms with E-state index in [-0.39, 0.29) is 11.8 Å². The first-order valence-corrected chi connectivity index (χ1v) is 6.47. The summed E-state index contributed by atoms with van der Waals surface area (Å²) in [4.78, 5) is 29.7. The van der Waals surface area contributed by atoms with Crippen LogP contribution in [-0.4, -0.2) is 41.3 Å². The number of aromatic nitrogens is 1. The Balaban J connectivity index is 2.71. The zero-order valence-electron chi connectivity index (χ0n) is 11.0. The Bertz CT molecular complexity index is 458.